The van der Waals surface area contributed by atoms with Gasteiger partial charge in [0.15, 0.2) is 0 Å². The summed E-state index contributed by atoms with van der Waals surface area (Å²) >= 11 is 0. The lowest BCUT2D eigenvalue weighted by Crippen LogP contribution is -2.51. The average molecular weight is 361 g/mol. The number of hydrogen-bond acceptors (Lipinski definition) is 4. The molecule has 4 heterocycles. The highest BCUT2D eigenvalue weighted by Gasteiger charge is 2.34. The Morgan fingerprint density at radius 1 is 1.15 bits per heavy atom. The second-order valence-corrected chi connectivity index (χ2v) is 7.07. The number of amides is 2. The summed E-state index contributed by atoms with van der Waals surface area (Å²) in [4.78, 5) is 32.6. The molecule has 2 aliphatic heterocycles. The molecule has 2 fully saturated rings. The van der Waals surface area contributed by atoms with Crippen molar-refractivity contribution in [2.75, 3.05) is 24.5 Å². The van der Waals surface area contributed by atoms with Crippen LogP contribution >= 0.6 is 0 Å². The van der Waals surface area contributed by atoms with Crippen molar-refractivity contribution in [1.29, 1.82) is 0 Å². The zero-order chi connectivity index (χ0) is 18.4. The standard InChI is InChI=1S/C20H19N5O2/c26-18-6-3-9-24(18)15-10-22-25(13-15)16-11-23(12-16)20(27)19-17-5-2-1-4-14(17)7-8-21-19/h1-2,4-5,7-8,10,13,16H,3,6,9,11-12H2. The van der Waals surface area contributed by atoms with Crippen molar-refractivity contribution in [3.05, 3.63) is 54.6 Å². The fraction of sp³-hybridized carbons (Fsp3) is 0.300. The van der Waals surface area contributed by atoms with E-state index in [0.29, 0.717) is 25.2 Å². The van der Waals surface area contributed by atoms with Gasteiger partial charge in [0.05, 0.1) is 17.9 Å². The van der Waals surface area contributed by atoms with E-state index in [1.165, 1.54) is 0 Å². The molecule has 27 heavy (non-hydrogen) atoms. The monoisotopic (exact) mass is 361 g/mol. The summed E-state index contributed by atoms with van der Waals surface area (Å²) in [5.41, 5.74) is 1.34. The summed E-state index contributed by atoms with van der Waals surface area (Å²) < 4.78 is 1.86. The van der Waals surface area contributed by atoms with E-state index in [0.717, 1.165) is 29.4 Å². The second kappa shape index (κ2) is 6.19. The van der Waals surface area contributed by atoms with Gasteiger partial charge in [0.25, 0.3) is 5.91 Å². The Morgan fingerprint density at radius 2 is 2.00 bits per heavy atom. The van der Waals surface area contributed by atoms with Crippen LogP contribution in [0, 0.1) is 0 Å². The number of carbonyl (C=O) groups is 2. The Morgan fingerprint density at radius 3 is 2.81 bits per heavy atom. The summed E-state index contributed by atoms with van der Waals surface area (Å²) in [5, 5.41) is 6.29. The average Bonchev–Trinajstić information content (AvgIpc) is 3.29. The second-order valence-electron chi connectivity index (χ2n) is 7.07. The fourth-order valence-electron chi connectivity index (χ4n) is 3.82. The van der Waals surface area contributed by atoms with E-state index < -0.39 is 0 Å². The number of benzene rings is 1. The van der Waals surface area contributed by atoms with Crippen molar-refractivity contribution in [3.63, 3.8) is 0 Å². The van der Waals surface area contributed by atoms with E-state index in [4.69, 9.17) is 0 Å². The Balaban J connectivity index is 1.30. The van der Waals surface area contributed by atoms with Crippen molar-refractivity contribution in [2.24, 2.45) is 0 Å². The maximum Gasteiger partial charge on any atom is 0.273 e. The van der Waals surface area contributed by atoms with E-state index in [1.807, 2.05) is 41.2 Å². The lowest BCUT2D eigenvalue weighted by Gasteiger charge is -2.39. The van der Waals surface area contributed by atoms with Crippen LogP contribution in [0.4, 0.5) is 5.69 Å². The third-order valence-electron chi connectivity index (χ3n) is 5.37. The smallest absolute Gasteiger partial charge is 0.273 e. The molecule has 0 unspecified atom stereocenters. The number of likely N-dealkylation sites (tertiary alicyclic amines) is 1. The van der Waals surface area contributed by atoms with Crippen LogP contribution < -0.4 is 4.90 Å². The highest BCUT2D eigenvalue weighted by molar-refractivity contribution is 6.05. The Kier molecular flexibility index (Phi) is 3.67. The highest BCUT2D eigenvalue weighted by Crippen LogP contribution is 2.27. The van der Waals surface area contributed by atoms with Crippen LogP contribution in [-0.4, -0.2) is 51.1 Å². The molecule has 0 N–H and O–H groups in total. The first kappa shape index (κ1) is 16.0. The molecule has 136 valence electrons. The van der Waals surface area contributed by atoms with Gasteiger partial charge in [0.2, 0.25) is 5.91 Å². The minimum absolute atomic E-state index is 0.0508. The fourth-order valence-corrected chi connectivity index (χ4v) is 3.82. The molecule has 1 aromatic carbocycles. The van der Waals surface area contributed by atoms with Crippen molar-refractivity contribution >= 4 is 28.3 Å². The summed E-state index contributed by atoms with van der Waals surface area (Å²) in [7, 11) is 0. The molecular formula is C20H19N5O2. The van der Waals surface area contributed by atoms with Gasteiger partial charge in [-0.3, -0.25) is 19.3 Å². The number of aromatic nitrogens is 3. The van der Waals surface area contributed by atoms with E-state index in [2.05, 4.69) is 10.1 Å². The molecule has 0 atom stereocenters. The van der Waals surface area contributed by atoms with E-state index in [1.54, 1.807) is 22.2 Å². The molecule has 5 rings (SSSR count). The Hall–Kier alpha value is -3.22. The number of pyridine rings is 1. The van der Waals surface area contributed by atoms with Crippen molar-refractivity contribution in [3.8, 4) is 0 Å². The molecule has 2 aromatic heterocycles. The maximum absolute atomic E-state index is 12.9. The van der Waals surface area contributed by atoms with E-state index in [-0.39, 0.29) is 17.9 Å². The van der Waals surface area contributed by atoms with E-state index >= 15 is 0 Å². The summed E-state index contributed by atoms with van der Waals surface area (Å²) in [5.74, 6) is 0.104. The number of nitrogens with zero attached hydrogens (tertiary/aromatic N) is 5. The molecule has 2 saturated heterocycles. The lowest BCUT2D eigenvalue weighted by molar-refractivity contribution is -0.117. The molecule has 2 amide bonds. The summed E-state index contributed by atoms with van der Waals surface area (Å²) in [6.45, 7) is 1.95. The first-order chi connectivity index (χ1) is 13.2. The molecule has 3 aromatic rings. The van der Waals surface area contributed by atoms with Crippen LogP contribution in [-0.2, 0) is 4.79 Å². The lowest BCUT2D eigenvalue weighted by atomic mass is 10.1. The number of rotatable bonds is 3. The maximum atomic E-state index is 12.9. The quantitative estimate of drug-likeness (QED) is 0.717. The number of hydrogen-bond donors (Lipinski definition) is 0. The van der Waals surface area contributed by atoms with Crippen molar-refractivity contribution < 1.29 is 9.59 Å². The largest absolute Gasteiger partial charge is 0.333 e. The van der Waals surface area contributed by atoms with E-state index in [9.17, 15) is 9.59 Å². The molecule has 0 saturated carbocycles. The molecule has 0 bridgehead atoms. The first-order valence-corrected chi connectivity index (χ1v) is 9.18. The molecule has 0 aliphatic carbocycles. The third kappa shape index (κ3) is 2.66. The van der Waals surface area contributed by atoms with Gasteiger partial charge in [-0.05, 0) is 17.9 Å². The Labute approximate surface area is 156 Å². The minimum atomic E-state index is -0.0508. The van der Waals surface area contributed by atoms with Crippen LogP contribution in [0.15, 0.2) is 48.9 Å². The van der Waals surface area contributed by atoms with Gasteiger partial charge in [-0.25, -0.2) is 0 Å². The molecular weight excluding hydrogens is 342 g/mol. The molecule has 0 radical (unpaired) electrons. The van der Waals surface area contributed by atoms with Gasteiger partial charge in [0, 0.05) is 43.8 Å². The van der Waals surface area contributed by atoms with Crippen LogP contribution in [0.25, 0.3) is 10.8 Å². The zero-order valence-electron chi connectivity index (χ0n) is 14.8. The van der Waals surface area contributed by atoms with Gasteiger partial charge >= 0.3 is 0 Å². The van der Waals surface area contributed by atoms with Crippen molar-refractivity contribution in [1.82, 2.24) is 19.7 Å². The molecule has 2 aliphatic rings. The minimum Gasteiger partial charge on any atom is -0.333 e. The molecule has 7 nitrogen and oxygen atoms in total. The van der Waals surface area contributed by atoms with Crippen molar-refractivity contribution in [2.45, 2.75) is 18.9 Å². The SMILES string of the molecule is O=C(c1nccc2ccccc12)N1CC(n2cc(N3CCCC3=O)cn2)C1. The van der Waals surface area contributed by atoms with Gasteiger partial charge in [-0.1, -0.05) is 24.3 Å². The van der Waals surface area contributed by atoms with Crippen LogP contribution in [0.3, 0.4) is 0 Å². The zero-order valence-corrected chi connectivity index (χ0v) is 14.8. The summed E-state index contributed by atoms with van der Waals surface area (Å²) in [6.07, 6.45) is 6.83. The predicted octanol–water partition coefficient (Wildman–Crippen LogP) is 2.26. The Bertz CT molecular complexity index is 1030. The predicted molar refractivity (Wildman–Crippen MR) is 100 cm³/mol. The highest BCUT2D eigenvalue weighted by atomic mass is 16.2. The number of carbonyl (C=O) groups excluding carboxylic acids is 2. The number of fused-ring (bicyclic) bond motifs is 1. The third-order valence-corrected chi connectivity index (χ3v) is 5.37. The molecule has 0 spiro atoms. The normalized spacial score (nSPS) is 17.6. The summed E-state index contributed by atoms with van der Waals surface area (Å²) in [6, 6.07) is 9.84. The van der Waals surface area contributed by atoms with Gasteiger partial charge < -0.3 is 9.80 Å². The van der Waals surface area contributed by atoms with Gasteiger partial charge in [-0.2, -0.15) is 5.10 Å². The molecule has 7 heteroatoms. The van der Waals surface area contributed by atoms with Crippen LogP contribution in [0.1, 0.15) is 29.4 Å². The van der Waals surface area contributed by atoms with Gasteiger partial charge in [-0.15, -0.1) is 0 Å². The van der Waals surface area contributed by atoms with Crippen LogP contribution in [0.2, 0.25) is 0 Å². The van der Waals surface area contributed by atoms with Crippen LogP contribution in [0.5, 0.6) is 0 Å². The topological polar surface area (TPSA) is 71.3 Å². The number of anilines is 1. The van der Waals surface area contributed by atoms with Gasteiger partial charge in [0.1, 0.15) is 5.69 Å². The first-order valence-electron chi connectivity index (χ1n) is 9.18.